The van der Waals surface area contributed by atoms with Crippen molar-refractivity contribution in [3.63, 3.8) is 0 Å². The van der Waals surface area contributed by atoms with Crippen molar-refractivity contribution in [1.29, 1.82) is 0 Å². The first-order chi connectivity index (χ1) is 3.39. The first-order valence-electron chi connectivity index (χ1n) is 1.72. The molecule has 0 saturated carbocycles. The van der Waals surface area contributed by atoms with Gasteiger partial charge in [0.2, 0.25) is 0 Å². The van der Waals surface area contributed by atoms with Gasteiger partial charge < -0.3 is 0 Å². The molecule has 5 heteroatoms. The lowest BCUT2D eigenvalue weighted by Crippen LogP contribution is -1.80. The van der Waals surface area contributed by atoms with Crippen LogP contribution in [0.4, 0.5) is 0 Å². The van der Waals surface area contributed by atoms with Crippen LogP contribution in [0.1, 0.15) is 6.92 Å². The van der Waals surface area contributed by atoms with E-state index in [4.69, 9.17) is 0 Å². The molecular formula is C2H4S5. The van der Waals surface area contributed by atoms with Crippen LogP contribution in [-0.4, -0.2) is 4.58 Å². The highest BCUT2D eigenvalue weighted by Crippen LogP contribution is 2.59. The van der Waals surface area contributed by atoms with E-state index in [9.17, 15) is 0 Å². The summed E-state index contributed by atoms with van der Waals surface area (Å²) in [6.07, 6.45) is 0. The van der Waals surface area contributed by atoms with E-state index in [1.807, 2.05) is 51.1 Å². The van der Waals surface area contributed by atoms with Crippen molar-refractivity contribution >= 4 is 51.1 Å². The van der Waals surface area contributed by atoms with E-state index >= 15 is 0 Å². The van der Waals surface area contributed by atoms with Gasteiger partial charge in [-0.05, 0) is 36.4 Å². The fourth-order valence-corrected chi connectivity index (χ4v) is 11.4. The van der Waals surface area contributed by atoms with Gasteiger partial charge in [0.15, 0.2) is 0 Å². The van der Waals surface area contributed by atoms with E-state index in [1.54, 1.807) is 0 Å². The lowest BCUT2D eigenvalue weighted by atomic mass is 11.0. The van der Waals surface area contributed by atoms with Crippen LogP contribution in [-0.2, 0) is 0 Å². The summed E-state index contributed by atoms with van der Waals surface area (Å²) >= 11 is 0. The molecule has 1 rings (SSSR count). The molecule has 1 fully saturated rings. The van der Waals surface area contributed by atoms with Crippen LogP contribution in [0.15, 0.2) is 0 Å². The summed E-state index contributed by atoms with van der Waals surface area (Å²) in [7, 11) is 9.49. The zero-order valence-electron chi connectivity index (χ0n) is 3.62. The van der Waals surface area contributed by atoms with Crippen LogP contribution in [0.25, 0.3) is 0 Å². The third-order valence-corrected chi connectivity index (χ3v) is 10.5. The quantitative estimate of drug-likeness (QED) is 0.530. The predicted octanol–water partition coefficient (Wildman–Crippen LogP) is 3.67. The Bertz CT molecular complexity index is 48.0. The van der Waals surface area contributed by atoms with Gasteiger partial charge in [-0.15, -0.1) is 0 Å². The third kappa shape index (κ3) is 2.70. The fraction of sp³-hybridized carbons (Fsp3) is 1.00. The Kier molecular flexibility index (Phi) is 3.64. The first-order valence-corrected chi connectivity index (χ1v) is 7.99. The second kappa shape index (κ2) is 3.71. The standard InChI is InChI=1S/C2H4S5/c1-2-3-5-7-6-4-2/h2H,1H3. The zero-order chi connectivity index (χ0) is 5.11. The summed E-state index contributed by atoms with van der Waals surface area (Å²) in [6, 6.07) is 0. The largest absolute Gasteiger partial charge is 0.0698 e. The highest BCUT2D eigenvalue weighted by molar-refractivity contribution is 9.38. The van der Waals surface area contributed by atoms with E-state index in [1.165, 1.54) is 0 Å². The summed E-state index contributed by atoms with van der Waals surface area (Å²) in [5.41, 5.74) is 0. The summed E-state index contributed by atoms with van der Waals surface area (Å²) in [5.74, 6) is 0. The third-order valence-electron chi connectivity index (χ3n) is 0.405. The average molecular weight is 188 g/mol. The van der Waals surface area contributed by atoms with Gasteiger partial charge >= 0.3 is 0 Å². The molecule has 0 unspecified atom stereocenters. The predicted molar refractivity (Wildman–Crippen MR) is 47.4 cm³/mol. The van der Waals surface area contributed by atoms with Crippen LogP contribution >= 0.6 is 51.1 Å². The van der Waals surface area contributed by atoms with Gasteiger partial charge in [-0.2, -0.15) is 0 Å². The van der Waals surface area contributed by atoms with Crippen LogP contribution < -0.4 is 0 Å². The van der Waals surface area contributed by atoms with Gasteiger partial charge in [-0.3, -0.25) is 0 Å². The Morgan fingerprint density at radius 2 is 1.57 bits per heavy atom. The highest BCUT2D eigenvalue weighted by Gasteiger charge is 2.10. The Morgan fingerprint density at radius 1 is 1.00 bits per heavy atom. The van der Waals surface area contributed by atoms with E-state index in [0.29, 0.717) is 0 Å². The fourth-order valence-electron chi connectivity index (χ4n) is 0.170. The van der Waals surface area contributed by atoms with Crippen LogP contribution in [0, 0.1) is 0 Å². The van der Waals surface area contributed by atoms with Gasteiger partial charge in [0.1, 0.15) is 0 Å². The minimum absolute atomic E-state index is 0.774. The summed E-state index contributed by atoms with van der Waals surface area (Å²) in [6.45, 7) is 2.23. The molecule has 0 aromatic heterocycles. The topological polar surface area (TPSA) is 0 Å². The molecule has 0 N–H and O–H groups in total. The monoisotopic (exact) mass is 188 g/mol. The second-order valence-corrected chi connectivity index (χ2v) is 9.52. The molecule has 0 radical (unpaired) electrons. The molecule has 0 aromatic carbocycles. The molecule has 1 heterocycles. The molecule has 42 valence electrons. The molecule has 0 amide bonds. The Hall–Kier alpha value is 1.75. The minimum Gasteiger partial charge on any atom is -0.0666 e. The molecule has 0 bridgehead atoms. The number of rotatable bonds is 0. The lowest BCUT2D eigenvalue weighted by Gasteiger charge is -2.11. The average Bonchev–Trinajstić information content (AvgIpc) is 1.69. The zero-order valence-corrected chi connectivity index (χ0v) is 7.70. The normalized spacial score (nSPS) is 25.3. The molecule has 0 nitrogen and oxygen atoms in total. The molecule has 1 saturated heterocycles. The van der Waals surface area contributed by atoms with Crippen LogP contribution in [0.2, 0.25) is 0 Å². The van der Waals surface area contributed by atoms with Crippen molar-refractivity contribution in [3.05, 3.63) is 0 Å². The van der Waals surface area contributed by atoms with E-state index in [0.717, 1.165) is 4.58 Å². The van der Waals surface area contributed by atoms with Crippen LogP contribution in [0.5, 0.6) is 0 Å². The number of hydrogen-bond donors (Lipinski definition) is 0. The molecule has 0 aliphatic carbocycles. The van der Waals surface area contributed by atoms with Crippen molar-refractivity contribution in [3.8, 4) is 0 Å². The van der Waals surface area contributed by atoms with Crippen molar-refractivity contribution in [1.82, 2.24) is 0 Å². The Balaban J connectivity index is 2.12. The maximum absolute atomic E-state index is 2.23. The highest BCUT2D eigenvalue weighted by atomic mass is 33.8. The van der Waals surface area contributed by atoms with Gasteiger partial charge in [-0.1, -0.05) is 21.6 Å². The van der Waals surface area contributed by atoms with Gasteiger partial charge in [-0.25, -0.2) is 0 Å². The molecular weight excluding hydrogens is 184 g/mol. The van der Waals surface area contributed by atoms with Gasteiger partial charge in [0.25, 0.3) is 0 Å². The van der Waals surface area contributed by atoms with Crippen molar-refractivity contribution < 1.29 is 0 Å². The SMILES string of the molecule is CC1SSSSS1. The first kappa shape index (κ1) is 6.86. The summed E-state index contributed by atoms with van der Waals surface area (Å²) < 4.78 is 0.774. The van der Waals surface area contributed by atoms with E-state index in [2.05, 4.69) is 6.92 Å². The van der Waals surface area contributed by atoms with Crippen molar-refractivity contribution in [2.45, 2.75) is 11.5 Å². The molecule has 0 atom stereocenters. The molecule has 1 aliphatic heterocycles. The van der Waals surface area contributed by atoms with Gasteiger partial charge in [0, 0.05) is 0 Å². The maximum atomic E-state index is 2.23. The van der Waals surface area contributed by atoms with Crippen molar-refractivity contribution in [2.24, 2.45) is 0 Å². The molecule has 1 aliphatic rings. The lowest BCUT2D eigenvalue weighted by molar-refractivity contribution is 1.45. The van der Waals surface area contributed by atoms with E-state index < -0.39 is 0 Å². The van der Waals surface area contributed by atoms with Gasteiger partial charge in [0.05, 0.1) is 4.58 Å². The van der Waals surface area contributed by atoms with Crippen molar-refractivity contribution in [2.75, 3.05) is 0 Å². The molecule has 0 spiro atoms. The molecule has 0 aromatic rings. The minimum atomic E-state index is 0.774. The Labute approximate surface area is 62.3 Å². The summed E-state index contributed by atoms with van der Waals surface area (Å²) in [4.78, 5) is 0. The smallest absolute Gasteiger partial charge is 0.0666 e. The summed E-state index contributed by atoms with van der Waals surface area (Å²) in [5, 5.41) is 0. The Morgan fingerprint density at radius 3 is 1.86 bits per heavy atom. The van der Waals surface area contributed by atoms with Crippen LogP contribution in [0.3, 0.4) is 0 Å². The maximum Gasteiger partial charge on any atom is 0.0698 e. The second-order valence-electron chi connectivity index (χ2n) is 0.964. The van der Waals surface area contributed by atoms with E-state index in [-0.39, 0.29) is 0 Å². The molecule has 7 heavy (non-hydrogen) atoms. The number of hydrogen-bond acceptors (Lipinski definition) is 5.